The second kappa shape index (κ2) is 5.30. The molecule has 0 unspecified atom stereocenters. The number of halogens is 1. The maximum Gasteiger partial charge on any atom is 0.257 e. The minimum atomic E-state index is -0.283. The molecule has 4 nitrogen and oxygen atoms in total. The zero-order chi connectivity index (χ0) is 13.0. The van der Waals surface area contributed by atoms with Gasteiger partial charge in [0.2, 0.25) is 0 Å². The molecule has 0 atom stereocenters. The Morgan fingerprint density at radius 2 is 1.94 bits per heavy atom. The Hall–Kier alpha value is -2.38. The van der Waals surface area contributed by atoms with Gasteiger partial charge in [-0.05, 0) is 36.4 Å². The molecule has 0 radical (unpaired) electrons. The third-order valence-electron chi connectivity index (χ3n) is 2.24. The van der Waals surface area contributed by atoms with Crippen molar-refractivity contribution in [2.45, 2.75) is 0 Å². The lowest BCUT2D eigenvalue weighted by Gasteiger charge is -2.04. The van der Waals surface area contributed by atoms with E-state index in [1.54, 1.807) is 30.3 Å². The lowest BCUT2D eigenvalue weighted by Crippen LogP contribution is -2.12. The van der Waals surface area contributed by atoms with E-state index in [0.29, 0.717) is 16.3 Å². The lowest BCUT2D eigenvalue weighted by molar-refractivity contribution is 0.102. The Morgan fingerprint density at radius 3 is 2.50 bits per heavy atom. The van der Waals surface area contributed by atoms with Crippen LogP contribution in [0.3, 0.4) is 0 Å². The molecular formula is C13H8ClN3O. The summed E-state index contributed by atoms with van der Waals surface area (Å²) in [6, 6.07) is 11.7. The van der Waals surface area contributed by atoms with Crippen molar-refractivity contribution in [1.29, 1.82) is 5.26 Å². The highest BCUT2D eigenvalue weighted by atomic mass is 35.5. The van der Waals surface area contributed by atoms with Crippen molar-refractivity contribution < 1.29 is 4.79 Å². The number of pyridine rings is 1. The van der Waals surface area contributed by atoms with Crippen molar-refractivity contribution in [2.75, 3.05) is 5.32 Å². The van der Waals surface area contributed by atoms with Gasteiger partial charge in [-0.15, -0.1) is 0 Å². The quantitative estimate of drug-likeness (QED) is 0.900. The molecule has 1 amide bonds. The van der Waals surface area contributed by atoms with E-state index >= 15 is 0 Å². The first-order valence-electron chi connectivity index (χ1n) is 5.12. The number of hydrogen-bond donors (Lipinski definition) is 1. The normalized spacial score (nSPS) is 9.56. The fourth-order valence-electron chi connectivity index (χ4n) is 1.33. The molecule has 1 N–H and O–H groups in total. The van der Waals surface area contributed by atoms with Crippen molar-refractivity contribution >= 4 is 23.2 Å². The number of nitrogens with zero attached hydrogens (tertiary/aromatic N) is 2. The average molecular weight is 258 g/mol. The Kier molecular flexibility index (Phi) is 3.56. The van der Waals surface area contributed by atoms with Crippen LogP contribution in [0.2, 0.25) is 5.02 Å². The summed E-state index contributed by atoms with van der Waals surface area (Å²) in [5.41, 5.74) is 1.32. The number of carbonyl (C=O) groups is 1. The van der Waals surface area contributed by atoms with Crippen LogP contribution in [0, 0.1) is 11.3 Å². The summed E-state index contributed by atoms with van der Waals surface area (Å²) >= 11 is 5.75. The summed E-state index contributed by atoms with van der Waals surface area (Å²) in [6.07, 6.45) is 1.36. The molecule has 1 aromatic heterocycles. The smallest absolute Gasteiger partial charge is 0.257 e. The highest BCUT2D eigenvalue weighted by molar-refractivity contribution is 6.30. The van der Waals surface area contributed by atoms with E-state index in [0.717, 1.165) is 0 Å². The van der Waals surface area contributed by atoms with Crippen LogP contribution in [0.1, 0.15) is 16.1 Å². The van der Waals surface area contributed by atoms with E-state index in [4.69, 9.17) is 16.9 Å². The van der Waals surface area contributed by atoms with Crippen molar-refractivity contribution in [1.82, 2.24) is 4.98 Å². The Balaban J connectivity index is 2.12. The second-order valence-electron chi connectivity index (χ2n) is 3.50. The molecule has 0 fully saturated rings. The first kappa shape index (κ1) is 12.1. The van der Waals surface area contributed by atoms with E-state index in [1.807, 2.05) is 6.07 Å². The van der Waals surface area contributed by atoms with Gasteiger partial charge in [-0.2, -0.15) is 5.26 Å². The van der Waals surface area contributed by atoms with Gasteiger partial charge in [0.15, 0.2) is 0 Å². The van der Waals surface area contributed by atoms with Gasteiger partial charge < -0.3 is 5.32 Å². The molecule has 18 heavy (non-hydrogen) atoms. The third-order valence-corrected chi connectivity index (χ3v) is 2.49. The SMILES string of the molecule is N#Cc1ccc(C(=O)Nc2ccc(Cl)cc2)cn1. The van der Waals surface area contributed by atoms with Crippen LogP contribution in [0.4, 0.5) is 5.69 Å². The first-order valence-corrected chi connectivity index (χ1v) is 5.50. The minimum absolute atomic E-state index is 0.276. The van der Waals surface area contributed by atoms with E-state index < -0.39 is 0 Å². The van der Waals surface area contributed by atoms with Gasteiger partial charge in [-0.3, -0.25) is 4.79 Å². The molecule has 0 spiro atoms. The predicted molar refractivity (Wildman–Crippen MR) is 68.4 cm³/mol. The van der Waals surface area contributed by atoms with Gasteiger partial charge in [0.05, 0.1) is 5.56 Å². The standard InChI is InChI=1S/C13H8ClN3O/c14-10-2-5-11(6-3-10)17-13(18)9-1-4-12(7-15)16-8-9/h1-6,8H,(H,17,18). The third kappa shape index (κ3) is 2.84. The number of anilines is 1. The molecule has 5 heteroatoms. The van der Waals surface area contributed by atoms with Crippen LogP contribution < -0.4 is 5.32 Å². The number of nitriles is 1. The topological polar surface area (TPSA) is 65.8 Å². The monoisotopic (exact) mass is 257 g/mol. The van der Waals surface area contributed by atoms with E-state index in [2.05, 4.69) is 10.3 Å². The number of nitrogens with one attached hydrogen (secondary N) is 1. The molecule has 2 rings (SSSR count). The van der Waals surface area contributed by atoms with E-state index in [9.17, 15) is 4.79 Å². The zero-order valence-corrected chi connectivity index (χ0v) is 9.98. The number of rotatable bonds is 2. The summed E-state index contributed by atoms with van der Waals surface area (Å²) in [7, 11) is 0. The number of hydrogen-bond acceptors (Lipinski definition) is 3. The molecule has 0 aliphatic carbocycles. The Bertz CT molecular complexity index is 600. The van der Waals surface area contributed by atoms with Crippen molar-refractivity contribution in [3.8, 4) is 6.07 Å². The summed E-state index contributed by atoms with van der Waals surface area (Å²) in [5, 5.41) is 11.9. The average Bonchev–Trinajstić information content (AvgIpc) is 2.41. The van der Waals surface area contributed by atoms with Crippen molar-refractivity contribution in [3.05, 3.63) is 58.9 Å². The first-order chi connectivity index (χ1) is 8.69. The van der Waals surface area contributed by atoms with Crippen LogP contribution in [-0.4, -0.2) is 10.9 Å². The Labute approximate surface area is 109 Å². The molecule has 0 saturated carbocycles. The van der Waals surface area contributed by atoms with Gasteiger partial charge in [0.1, 0.15) is 11.8 Å². The Morgan fingerprint density at radius 1 is 1.22 bits per heavy atom. The highest BCUT2D eigenvalue weighted by Crippen LogP contribution is 2.14. The number of carbonyl (C=O) groups excluding carboxylic acids is 1. The van der Waals surface area contributed by atoms with Crippen LogP contribution >= 0.6 is 11.6 Å². The molecule has 1 heterocycles. The van der Waals surface area contributed by atoms with Crippen LogP contribution in [-0.2, 0) is 0 Å². The molecule has 0 aliphatic heterocycles. The van der Waals surface area contributed by atoms with E-state index in [-0.39, 0.29) is 11.6 Å². The molecule has 0 bridgehead atoms. The number of benzene rings is 1. The second-order valence-corrected chi connectivity index (χ2v) is 3.94. The number of amides is 1. The largest absolute Gasteiger partial charge is 0.322 e. The van der Waals surface area contributed by atoms with Gasteiger partial charge in [-0.25, -0.2) is 4.98 Å². The van der Waals surface area contributed by atoms with Gasteiger partial charge in [-0.1, -0.05) is 11.6 Å². The minimum Gasteiger partial charge on any atom is -0.322 e. The van der Waals surface area contributed by atoms with Crippen LogP contribution in [0.5, 0.6) is 0 Å². The maximum absolute atomic E-state index is 11.8. The summed E-state index contributed by atoms with van der Waals surface area (Å²) in [5.74, 6) is -0.283. The van der Waals surface area contributed by atoms with E-state index in [1.165, 1.54) is 12.3 Å². The fraction of sp³-hybridized carbons (Fsp3) is 0. The zero-order valence-electron chi connectivity index (χ0n) is 9.22. The van der Waals surface area contributed by atoms with Crippen LogP contribution in [0.15, 0.2) is 42.6 Å². The van der Waals surface area contributed by atoms with Crippen molar-refractivity contribution in [2.24, 2.45) is 0 Å². The fourth-order valence-corrected chi connectivity index (χ4v) is 1.46. The molecule has 0 aliphatic rings. The summed E-state index contributed by atoms with van der Waals surface area (Å²) in [6.45, 7) is 0. The number of aromatic nitrogens is 1. The van der Waals surface area contributed by atoms with Gasteiger partial charge in [0.25, 0.3) is 5.91 Å². The van der Waals surface area contributed by atoms with Crippen LogP contribution in [0.25, 0.3) is 0 Å². The maximum atomic E-state index is 11.8. The lowest BCUT2D eigenvalue weighted by atomic mass is 10.2. The van der Waals surface area contributed by atoms with Gasteiger partial charge >= 0.3 is 0 Å². The summed E-state index contributed by atoms with van der Waals surface area (Å²) in [4.78, 5) is 15.7. The molecule has 2 aromatic rings. The summed E-state index contributed by atoms with van der Waals surface area (Å²) < 4.78 is 0. The molecular weight excluding hydrogens is 250 g/mol. The van der Waals surface area contributed by atoms with Crippen molar-refractivity contribution in [3.63, 3.8) is 0 Å². The highest BCUT2D eigenvalue weighted by Gasteiger charge is 2.06. The molecule has 1 aromatic carbocycles. The molecule has 88 valence electrons. The molecule has 0 saturated heterocycles. The predicted octanol–water partition coefficient (Wildman–Crippen LogP) is 2.86. The van der Waals surface area contributed by atoms with Gasteiger partial charge in [0, 0.05) is 16.9 Å².